The lowest BCUT2D eigenvalue weighted by atomic mass is 10.3. The molecule has 1 rings (SSSR count). The summed E-state index contributed by atoms with van der Waals surface area (Å²) in [7, 11) is 0. The third-order valence-corrected chi connectivity index (χ3v) is 1.24. The van der Waals surface area contributed by atoms with Crippen molar-refractivity contribution >= 4 is 6.08 Å². The molecule has 0 atom stereocenters. The van der Waals surface area contributed by atoms with Crippen LogP contribution in [0.3, 0.4) is 0 Å². The van der Waals surface area contributed by atoms with Crippen molar-refractivity contribution in [2.75, 3.05) is 0 Å². The van der Waals surface area contributed by atoms with Gasteiger partial charge in [0, 0.05) is 5.56 Å². The van der Waals surface area contributed by atoms with Gasteiger partial charge in [0.25, 0.3) is 0 Å². The van der Waals surface area contributed by atoms with Crippen molar-refractivity contribution in [2.24, 2.45) is 0 Å². The zero-order valence-corrected chi connectivity index (χ0v) is 5.20. The molecule has 0 spiro atoms. The lowest BCUT2D eigenvalue weighted by molar-refractivity contribution is 0.142. The molecule has 0 aliphatic rings. The number of hydrogen-bond acceptors (Lipinski definition) is 2. The van der Waals surface area contributed by atoms with Crippen molar-refractivity contribution in [1.29, 1.82) is 0 Å². The Hall–Kier alpha value is -1.25. The van der Waals surface area contributed by atoms with E-state index in [4.69, 9.17) is 5.21 Å². The number of rotatable bonds is 1. The fraction of sp³-hybridized carbons (Fsp3) is 0.167. The first-order valence-corrected chi connectivity index (χ1v) is 2.62. The maximum absolute atomic E-state index is 8.83. The Balaban J connectivity index is 3.18. The van der Waals surface area contributed by atoms with Gasteiger partial charge in [0.1, 0.15) is 0 Å². The molecule has 9 heavy (non-hydrogen) atoms. The van der Waals surface area contributed by atoms with Crippen LogP contribution in [0.5, 0.6) is 0 Å². The summed E-state index contributed by atoms with van der Waals surface area (Å²) in [4.78, 5) is 0.830. The molecule has 0 amide bonds. The molecule has 0 radical (unpaired) electrons. The van der Waals surface area contributed by atoms with Gasteiger partial charge in [-0.1, -0.05) is 12.7 Å². The van der Waals surface area contributed by atoms with Gasteiger partial charge >= 0.3 is 0 Å². The molecule has 0 saturated heterocycles. The van der Waals surface area contributed by atoms with Crippen molar-refractivity contribution in [3.8, 4) is 0 Å². The number of aromatic nitrogens is 2. The van der Waals surface area contributed by atoms with E-state index in [1.165, 1.54) is 0 Å². The average Bonchev–Trinajstić information content (AvgIpc) is 2.15. The van der Waals surface area contributed by atoms with E-state index in [0.717, 1.165) is 10.4 Å². The van der Waals surface area contributed by atoms with E-state index in [1.54, 1.807) is 19.2 Å². The molecule has 48 valence electrons. The molecule has 3 heteroatoms. The fourth-order valence-corrected chi connectivity index (χ4v) is 0.613. The molecule has 0 aromatic carbocycles. The van der Waals surface area contributed by atoms with Crippen molar-refractivity contribution in [3.05, 3.63) is 24.0 Å². The first-order chi connectivity index (χ1) is 4.25. The van der Waals surface area contributed by atoms with Crippen LogP contribution in [0.4, 0.5) is 0 Å². The van der Waals surface area contributed by atoms with Gasteiger partial charge in [0.05, 0.1) is 11.9 Å². The zero-order chi connectivity index (χ0) is 6.85. The van der Waals surface area contributed by atoms with E-state index in [0.29, 0.717) is 5.69 Å². The number of nitrogens with zero attached hydrogens (tertiary/aromatic N) is 2. The Labute approximate surface area is 53.2 Å². The smallest absolute Gasteiger partial charge is 0.0839 e. The summed E-state index contributed by atoms with van der Waals surface area (Å²) in [6.45, 7) is 5.31. The first-order valence-electron chi connectivity index (χ1n) is 2.62. The second-order valence-electron chi connectivity index (χ2n) is 1.78. The molecule has 0 unspecified atom stereocenters. The molecular formula is C6H8N2O. The lowest BCUT2D eigenvalue weighted by Crippen LogP contribution is -1.93. The van der Waals surface area contributed by atoms with Crippen molar-refractivity contribution < 1.29 is 5.21 Å². The Kier molecular flexibility index (Phi) is 1.26. The van der Waals surface area contributed by atoms with Gasteiger partial charge < -0.3 is 5.21 Å². The normalized spacial score (nSPS) is 9.44. The second kappa shape index (κ2) is 1.93. The van der Waals surface area contributed by atoms with E-state index >= 15 is 0 Å². The Morgan fingerprint density at radius 1 is 1.89 bits per heavy atom. The maximum atomic E-state index is 8.83. The molecule has 0 aliphatic carbocycles. The van der Waals surface area contributed by atoms with Gasteiger partial charge in [-0.05, 0) is 6.92 Å². The molecule has 0 saturated carbocycles. The predicted molar refractivity (Wildman–Crippen MR) is 34.2 cm³/mol. The molecule has 0 aliphatic heterocycles. The summed E-state index contributed by atoms with van der Waals surface area (Å²) in [5, 5.41) is 12.4. The monoisotopic (exact) mass is 124 g/mol. The van der Waals surface area contributed by atoms with Gasteiger partial charge in [-0.3, -0.25) is 0 Å². The van der Waals surface area contributed by atoms with E-state index in [2.05, 4.69) is 11.7 Å². The summed E-state index contributed by atoms with van der Waals surface area (Å²) < 4.78 is 0. The molecule has 0 bridgehead atoms. The van der Waals surface area contributed by atoms with Gasteiger partial charge in [-0.15, -0.1) is 9.94 Å². The highest BCUT2D eigenvalue weighted by atomic mass is 16.5. The second-order valence-corrected chi connectivity index (χ2v) is 1.78. The minimum absolute atomic E-state index is 0.713. The van der Waals surface area contributed by atoms with Crippen LogP contribution < -0.4 is 0 Å². The van der Waals surface area contributed by atoms with E-state index in [1.807, 2.05) is 0 Å². The van der Waals surface area contributed by atoms with Crippen LogP contribution in [0.25, 0.3) is 6.08 Å². The van der Waals surface area contributed by atoms with Gasteiger partial charge in [0.2, 0.25) is 0 Å². The highest BCUT2D eigenvalue weighted by Gasteiger charge is 1.98. The van der Waals surface area contributed by atoms with Gasteiger partial charge in [-0.25, -0.2) is 0 Å². The summed E-state index contributed by atoms with van der Waals surface area (Å²) in [6, 6.07) is 0. The summed E-state index contributed by atoms with van der Waals surface area (Å²) in [5.41, 5.74) is 1.57. The number of hydrogen-bond donors (Lipinski definition) is 1. The van der Waals surface area contributed by atoms with Crippen molar-refractivity contribution in [3.63, 3.8) is 0 Å². The van der Waals surface area contributed by atoms with Crippen LogP contribution in [0, 0.1) is 6.92 Å². The average molecular weight is 124 g/mol. The molecular weight excluding hydrogens is 116 g/mol. The SMILES string of the molecule is C=Cc1cnn(O)c1C. The van der Waals surface area contributed by atoms with Crippen molar-refractivity contribution in [2.45, 2.75) is 6.92 Å². The van der Waals surface area contributed by atoms with E-state index < -0.39 is 0 Å². The molecule has 1 heterocycles. The lowest BCUT2D eigenvalue weighted by Gasteiger charge is -1.89. The van der Waals surface area contributed by atoms with E-state index in [-0.39, 0.29) is 0 Å². The predicted octanol–water partition coefficient (Wildman–Crippen LogP) is 1.07. The van der Waals surface area contributed by atoms with Gasteiger partial charge in [-0.2, -0.15) is 0 Å². The largest absolute Gasteiger partial charge is 0.411 e. The van der Waals surface area contributed by atoms with Crippen LogP contribution in [0.1, 0.15) is 11.3 Å². The van der Waals surface area contributed by atoms with Crippen LogP contribution in [0.15, 0.2) is 12.8 Å². The third-order valence-electron chi connectivity index (χ3n) is 1.24. The van der Waals surface area contributed by atoms with Crippen LogP contribution >= 0.6 is 0 Å². The van der Waals surface area contributed by atoms with Gasteiger partial charge in [0.15, 0.2) is 0 Å². The Bertz CT molecular complexity index is 227. The highest BCUT2D eigenvalue weighted by molar-refractivity contribution is 5.47. The summed E-state index contributed by atoms with van der Waals surface area (Å²) in [6.07, 6.45) is 3.21. The fourth-order valence-electron chi connectivity index (χ4n) is 0.613. The van der Waals surface area contributed by atoms with Crippen molar-refractivity contribution in [1.82, 2.24) is 9.94 Å². The molecule has 0 fully saturated rings. The minimum Gasteiger partial charge on any atom is -0.411 e. The minimum atomic E-state index is 0.713. The maximum Gasteiger partial charge on any atom is 0.0839 e. The zero-order valence-electron chi connectivity index (χ0n) is 5.20. The molecule has 1 aromatic heterocycles. The Morgan fingerprint density at radius 2 is 2.56 bits per heavy atom. The summed E-state index contributed by atoms with van der Waals surface area (Å²) >= 11 is 0. The quantitative estimate of drug-likeness (QED) is 0.569. The van der Waals surface area contributed by atoms with E-state index in [9.17, 15) is 0 Å². The standard InChI is InChI=1S/C6H8N2O/c1-3-6-4-7-8(9)5(6)2/h3-4,9H,1H2,2H3. The highest BCUT2D eigenvalue weighted by Crippen LogP contribution is 2.04. The molecule has 3 nitrogen and oxygen atoms in total. The van der Waals surface area contributed by atoms with Crippen LogP contribution in [-0.2, 0) is 0 Å². The van der Waals surface area contributed by atoms with Crippen LogP contribution in [-0.4, -0.2) is 15.2 Å². The molecule has 1 aromatic rings. The molecule has 1 N–H and O–H groups in total. The summed E-state index contributed by atoms with van der Waals surface area (Å²) in [5.74, 6) is 0. The third kappa shape index (κ3) is 0.806. The Morgan fingerprint density at radius 3 is 2.78 bits per heavy atom. The first kappa shape index (κ1) is 5.88. The van der Waals surface area contributed by atoms with Crippen LogP contribution in [0.2, 0.25) is 0 Å². The topological polar surface area (TPSA) is 38.0 Å².